The fraction of sp³-hybridized carbons (Fsp3) is 0.562. The first-order chi connectivity index (χ1) is 10.2. The van der Waals surface area contributed by atoms with E-state index in [2.05, 4.69) is 71.9 Å². The lowest BCUT2D eigenvalue weighted by Crippen LogP contribution is -2.22. The van der Waals surface area contributed by atoms with Crippen LogP contribution in [-0.2, 0) is 13.1 Å². The van der Waals surface area contributed by atoms with Gasteiger partial charge < -0.3 is 5.32 Å². The highest BCUT2D eigenvalue weighted by atomic mass is 15.5. The van der Waals surface area contributed by atoms with E-state index in [1.165, 1.54) is 5.56 Å². The first kappa shape index (κ1) is 15.6. The van der Waals surface area contributed by atoms with Gasteiger partial charge in [-0.2, -0.15) is 0 Å². The van der Waals surface area contributed by atoms with E-state index in [4.69, 9.17) is 0 Å². The lowest BCUT2D eigenvalue weighted by molar-refractivity contribution is 0.481. The largest absolute Gasteiger partial charge is 0.310 e. The predicted octanol–water partition coefficient (Wildman–Crippen LogP) is 2.61. The van der Waals surface area contributed by atoms with Crippen molar-refractivity contribution in [3.05, 3.63) is 41.7 Å². The zero-order chi connectivity index (χ0) is 15.1. The predicted molar refractivity (Wildman–Crippen MR) is 83.8 cm³/mol. The van der Waals surface area contributed by atoms with E-state index in [-0.39, 0.29) is 0 Å². The second-order valence-electron chi connectivity index (χ2n) is 5.94. The Morgan fingerprint density at radius 3 is 2.62 bits per heavy atom. The lowest BCUT2D eigenvalue weighted by Gasteiger charge is -2.12. The molecule has 0 spiro atoms. The average Bonchev–Trinajstić information content (AvgIpc) is 2.93. The van der Waals surface area contributed by atoms with Crippen LogP contribution in [0, 0.1) is 5.92 Å². The third-order valence-electron chi connectivity index (χ3n) is 3.58. The van der Waals surface area contributed by atoms with Crippen LogP contribution in [-0.4, -0.2) is 26.8 Å². The normalized spacial score (nSPS) is 12.8. The number of aryl methyl sites for hydroxylation is 1. The Morgan fingerprint density at radius 1 is 1.14 bits per heavy atom. The molecule has 5 heteroatoms. The smallest absolute Gasteiger partial charge is 0.165 e. The van der Waals surface area contributed by atoms with Gasteiger partial charge in [0.1, 0.15) is 0 Å². The van der Waals surface area contributed by atoms with Gasteiger partial charge in [0.05, 0.1) is 6.54 Å². The summed E-state index contributed by atoms with van der Waals surface area (Å²) < 4.78 is 1.91. The maximum absolute atomic E-state index is 4.10. The van der Waals surface area contributed by atoms with Gasteiger partial charge in [-0.05, 0) is 40.8 Å². The monoisotopic (exact) mass is 287 g/mol. The minimum absolute atomic E-state index is 0.506. The molecule has 0 bridgehead atoms. The molecular weight excluding hydrogens is 262 g/mol. The van der Waals surface area contributed by atoms with Crippen LogP contribution >= 0.6 is 0 Å². The molecule has 1 aromatic heterocycles. The van der Waals surface area contributed by atoms with Crippen molar-refractivity contribution in [1.82, 2.24) is 25.5 Å². The summed E-state index contributed by atoms with van der Waals surface area (Å²) in [6, 6.07) is 10.6. The molecule has 0 saturated heterocycles. The van der Waals surface area contributed by atoms with Crippen LogP contribution in [0.5, 0.6) is 0 Å². The van der Waals surface area contributed by atoms with E-state index in [0.717, 1.165) is 31.9 Å². The number of aromatic nitrogens is 4. The van der Waals surface area contributed by atoms with Crippen molar-refractivity contribution < 1.29 is 0 Å². The summed E-state index contributed by atoms with van der Waals surface area (Å²) in [4.78, 5) is 0. The van der Waals surface area contributed by atoms with Crippen molar-refractivity contribution in [3.8, 4) is 0 Å². The number of hydrogen-bond donors (Lipinski definition) is 1. The Bertz CT molecular complexity index is 520. The Morgan fingerprint density at radius 2 is 1.90 bits per heavy atom. The molecule has 1 atom stereocenters. The molecule has 0 radical (unpaired) electrons. The fourth-order valence-electron chi connectivity index (χ4n) is 2.26. The maximum Gasteiger partial charge on any atom is 0.165 e. The SMILES string of the molecule is CC(C)CNCc1nnnn1CCC(C)c1ccccc1. The number of hydrogen-bond acceptors (Lipinski definition) is 4. The van der Waals surface area contributed by atoms with Crippen molar-refractivity contribution in [2.24, 2.45) is 5.92 Å². The Balaban J connectivity index is 1.84. The van der Waals surface area contributed by atoms with Crippen LogP contribution in [0.2, 0.25) is 0 Å². The molecule has 2 aromatic rings. The standard InChI is InChI=1S/C16H25N5/c1-13(2)11-17-12-16-18-19-20-21(16)10-9-14(3)15-7-5-4-6-8-15/h4-8,13-14,17H,9-12H2,1-3H3. The summed E-state index contributed by atoms with van der Waals surface area (Å²) in [6.45, 7) is 9.19. The summed E-state index contributed by atoms with van der Waals surface area (Å²) in [6.07, 6.45) is 1.03. The van der Waals surface area contributed by atoms with E-state index in [1.807, 2.05) is 4.68 Å². The summed E-state index contributed by atoms with van der Waals surface area (Å²) >= 11 is 0. The van der Waals surface area contributed by atoms with Gasteiger partial charge in [-0.25, -0.2) is 4.68 Å². The van der Waals surface area contributed by atoms with Crippen LogP contribution in [0.1, 0.15) is 44.5 Å². The Hall–Kier alpha value is -1.75. The molecule has 0 saturated carbocycles. The van der Waals surface area contributed by atoms with E-state index in [1.54, 1.807) is 0 Å². The minimum Gasteiger partial charge on any atom is -0.310 e. The van der Waals surface area contributed by atoms with E-state index in [9.17, 15) is 0 Å². The summed E-state index contributed by atoms with van der Waals surface area (Å²) in [5, 5.41) is 15.4. The number of rotatable bonds is 8. The molecule has 1 heterocycles. The topological polar surface area (TPSA) is 55.6 Å². The highest BCUT2D eigenvalue weighted by Crippen LogP contribution is 2.19. The van der Waals surface area contributed by atoms with Gasteiger partial charge >= 0.3 is 0 Å². The number of benzene rings is 1. The summed E-state index contributed by atoms with van der Waals surface area (Å²) in [5.74, 6) is 2.05. The number of tetrazole rings is 1. The third-order valence-corrected chi connectivity index (χ3v) is 3.58. The zero-order valence-corrected chi connectivity index (χ0v) is 13.2. The molecule has 1 unspecified atom stereocenters. The van der Waals surface area contributed by atoms with E-state index >= 15 is 0 Å². The minimum atomic E-state index is 0.506. The number of nitrogens with one attached hydrogen (secondary N) is 1. The second kappa shape index (κ2) is 7.88. The quantitative estimate of drug-likeness (QED) is 0.811. The molecule has 0 aliphatic heterocycles. The first-order valence-corrected chi connectivity index (χ1v) is 7.67. The van der Waals surface area contributed by atoms with Gasteiger partial charge in [-0.3, -0.25) is 0 Å². The van der Waals surface area contributed by atoms with Crippen molar-refractivity contribution in [1.29, 1.82) is 0 Å². The van der Waals surface area contributed by atoms with Gasteiger partial charge in [0.2, 0.25) is 0 Å². The second-order valence-corrected chi connectivity index (χ2v) is 5.94. The zero-order valence-electron chi connectivity index (χ0n) is 13.2. The molecule has 1 N–H and O–H groups in total. The van der Waals surface area contributed by atoms with Crippen LogP contribution in [0.4, 0.5) is 0 Å². The van der Waals surface area contributed by atoms with Crippen molar-refractivity contribution >= 4 is 0 Å². The molecule has 0 amide bonds. The molecule has 5 nitrogen and oxygen atoms in total. The van der Waals surface area contributed by atoms with Gasteiger partial charge in [0.25, 0.3) is 0 Å². The highest BCUT2D eigenvalue weighted by molar-refractivity contribution is 5.18. The van der Waals surface area contributed by atoms with E-state index in [0.29, 0.717) is 11.8 Å². The molecule has 0 fully saturated rings. The van der Waals surface area contributed by atoms with Gasteiger partial charge in [-0.15, -0.1) is 5.10 Å². The molecule has 21 heavy (non-hydrogen) atoms. The van der Waals surface area contributed by atoms with Crippen LogP contribution in [0.3, 0.4) is 0 Å². The molecule has 2 rings (SSSR count). The molecule has 0 aliphatic rings. The van der Waals surface area contributed by atoms with Gasteiger partial charge in [0, 0.05) is 6.54 Å². The average molecular weight is 287 g/mol. The van der Waals surface area contributed by atoms with Gasteiger partial charge in [0.15, 0.2) is 5.82 Å². The first-order valence-electron chi connectivity index (χ1n) is 7.67. The fourth-order valence-corrected chi connectivity index (χ4v) is 2.26. The molecule has 1 aromatic carbocycles. The maximum atomic E-state index is 4.10. The van der Waals surface area contributed by atoms with Crippen molar-refractivity contribution in [2.45, 2.75) is 46.2 Å². The van der Waals surface area contributed by atoms with Crippen molar-refractivity contribution in [2.75, 3.05) is 6.54 Å². The Labute approximate surface area is 126 Å². The summed E-state index contributed by atoms with van der Waals surface area (Å²) in [7, 11) is 0. The number of nitrogens with zero attached hydrogens (tertiary/aromatic N) is 4. The van der Waals surface area contributed by atoms with Crippen LogP contribution in [0.25, 0.3) is 0 Å². The lowest BCUT2D eigenvalue weighted by atomic mass is 9.98. The Kier molecular flexibility index (Phi) is 5.87. The molecular formula is C16H25N5. The molecule has 0 aliphatic carbocycles. The summed E-state index contributed by atoms with van der Waals surface area (Å²) in [5.41, 5.74) is 1.37. The van der Waals surface area contributed by atoms with Crippen LogP contribution < -0.4 is 5.32 Å². The van der Waals surface area contributed by atoms with Crippen molar-refractivity contribution in [3.63, 3.8) is 0 Å². The van der Waals surface area contributed by atoms with E-state index < -0.39 is 0 Å². The molecule has 114 valence electrons. The highest BCUT2D eigenvalue weighted by Gasteiger charge is 2.09. The van der Waals surface area contributed by atoms with Crippen LogP contribution in [0.15, 0.2) is 30.3 Å². The third kappa shape index (κ3) is 4.93. The van der Waals surface area contributed by atoms with Gasteiger partial charge in [-0.1, -0.05) is 51.1 Å².